The Morgan fingerprint density at radius 2 is 1.84 bits per heavy atom. The predicted molar refractivity (Wildman–Crippen MR) is 75.6 cm³/mol. The quantitative estimate of drug-likeness (QED) is 0.844. The first kappa shape index (κ1) is 13.3. The molecule has 0 N–H and O–H groups in total. The van der Waals surface area contributed by atoms with Crippen molar-refractivity contribution < 1.29 is 4.79 Å². The number of hydrogen-bond donors (Lipinski definition) is 0. The zero-order valence-corrected chi connectivity index (χ0v) is 11.6. The van der Waals surface area contributed by atoms with Crippen LogP contribution in [0.25, 0.3) is 5.69 Å². The maximum atomic E-state index is 12.2. The number of amides is 1. The smallest absolute Gasteiger partial charge is 0.274 e. The molecule has 1 amide bonds. The number of rotatable bonds is 4. The van der Waals surface area contributed by atoms with Crippen LogP contribution in [0.5, 0.6) is 0 Å². The van der Waals surface area contributed by atoms with E-state index < -0.39 is 0 Å². The lowest BCUT2D eigenvalue weighted by molar-refractivity contribution is 0.0767. The van der Waals surface area contributed by atoms with Gasteiger partial charge in [-0.3, -0.25) is 4.79 Å². The van der Waals surface area contributed by atoms with E-state index in [9.17, 15) is 4.79 Å². The van der Waals surface area contributed by atoms with E-state index in [0.29, 0.717) is 18.8 Å². The fourth-order valence-electron chi connectivity index (χ4n) is 1.96. The van der Waals surface area contributed by atoms with Crippen molar-refractivity contribution >= 4 is 5.91 Å². The summed E-state index contributed by atoms with van der Waals surface area (Å²) < 4.78 is 1.87. The second kappa shape index (κ2) is 5.69. The Hall–Kier alpha value is -2.10. The van der Waals surface area contributed by atoms with Gasteiger partial charge in [-0.1, -0.05) is 17.7 Å². The fourth-order valence-corrected chi connectivity index (χ4v) is 1.96. The number of carbonyl (C=O) groups is 1. The van der Waals surface area contributed by atoms with Crippen LogP contribution < -0.4 is 0 Å². The molecule has 0 unspecified atom stereocenters. The summed E-state index contributed by atoms with van der Waals surface area (Å²) in [5.41, 5.74) is 2.71. The molecule has 19 heavy (non-hydrogen) atoms. The van der Waals surface area contributed by atoms with Crippen molar-refractivity contribution in [1.82, 2.24) is 14.5 Å². The highest BCUT2D eigenvalue weighted by Crippen LogP contribution is 2.11. The van der Waals surface area contributed by atoms with Crippen LogP contribution in [0.4, 0.5) is 0 Å². The molecule has 4 nitrogen and oxygen atoms in total. The van der Waals surface area contributed by atoms with Crippen molar-refractivity contribution in [3.63, 3.8) is 0 Å². The van der Waals surface area contributed by atoms with E-state index in [2.05, 4.69) is 4.98 Å². The van der Waals surface area contributed by atoms with Gasteiger partial charge < -0.3 is 9.47 Å². The molecule has 0 bridgehead atoms. The molecule has 0 saturated carbocycles. The topological polar surface area (TPSA) is 38.1 Å². The first-order chi connectivity index (χ1) is 9.15. The van der Waals surface area contributed by atoms with Crippen molar-refractivity contribution in [2.45, 2.75) is 20.8 Å². The minimum Gasteiger partial charge on any atom is -0.338 e. The van der Waals surface area contributed by atoms with Crippen LogP contribution in [0, 0.1) is 6.92 Å². The molecule has 1 heterocycles. The summed E-state index contributed by atoms with van der Waals surface area (Å²) in [6, 6.07) is 8.12. The standard InChI is InChI=1S/C15H19N3O/c1-4-17(5-2)15(19)14-10-18(11-16-14)13-8-6-12(3)7-9-13/h6-11H,4-5H2,1-3H3. The van der Waals surface area contributed by atoms with Gasteiger partial charge in [-0.05, 0) is 32.9 Å². The molecule has 0 atom stereocenters. The molecule has 1 aromatic heterocycles. The molecule has 0 aliphatic heterocycles. The second-order valence-corrected chi connectivity index (χ2v) is 4.48. The predicted octanol–water partition coefficient (Wildman–Crippen LogP) is 2.66. The first-order valence-electron chi connectivity index (χ1n) is 6.56. The molecule has 1 aromatic carbocycles. The maximum Gasteiger partial charge on any atom is 0.274 e. The highest BCUT2D eigenvalue weighted by atomic mass is 16.2. The maximum absolute atomic E-state index is 12.2. The van der Waals surface area contributed by atoms with Gasteiger partial charge in [0.05, 0.1) is 0 Å². The van der Waals surface area contributed by atoms with Crippen LogP contribution in [-0.4, -0.2) is 33.4 Å². The molecular weight excluding hydrogens is 238 g/mol. The van der Waals surface area contributed by atoms with Crippen LogP contribution in [-0.2, 0) is 0 Å². The zero-order valence-electron chi connectivity index (χ0n) is 11.6. The van der Waals surface area contributed by atoms with Gasteiger partial charge in [-0.2, -0.15) is 0 Å². The highest BCUT2D eigenvalue weighted by Gasteiger charge is 2.15. The van der Waals surface area contributed by atoms with Crippen LogP contribution in [0.2, 0.25) is 0 Å². The number of imidazole rings is 1. The average Bonchev–Trinajstić information content (AvgIpc) is 2.90. The highest BCUT2D eigenvalue weighted by molar-refractivity contribution is 5.92. The van der Waals surface area contributed by atoms with Crippen molar-refractivity contribution in [1.29, 1.82) is 0 Å². The first-order valence-corrected chi connectivity index (χ1v) is 6.56. The number of aromatic nitrogens is 2. The Morgan fingerprint density at radius 1 is 1.21 bits per heavy atom. The van der Waals surface area contributed by atoms with Gasteiger partial charge in [0.15, 0.2) is 0 Å². The third-order valence-corrected chi connectivity index (χ3v) is 3.18. The number of carbonyl (C=O) groups excluding carboxylic acids is 1. The van der Waals surface area contributed by atoms with Gasteiger partial charge in [0.1, 0.15) is 12.0 Å². The SMILES string of the molecule is CCN(CC)C(=O)c1cn(-c2ccc(C)cc2)cn1. The van der Waals surface area contributed by atoms with Gasteiger partial charge in [0.2, 0.25) is 0 Å². The Bertz CT molecular complexity index is 553. The number of benzene rings is 1. The molecule has 0 aliphatic rings. The lowest BCUT2D eigenvalue weighted by Crippen LogP contribution is -2.30. The number of nitrogens with zero attached hydrogens (tertiary/aromatic N) is 3. The van der Waals surface area contributed by atoms with Gasteiger partial charge in [-0.15, -0.1) is 0 Å². The summed E-state index contributed by atoms with van der Waals surface area (Å²) in [5.74, 6) is -0.0177. The average molecular weight is 257 g/mol. The summed E-state index contributed by atoms with van der Waals surface area (Å²) in [4.78, 5) is 18.1. The monoisotopic (exact) mass is 257 g/mol. The van der Waals surface area contributed by atoms with Gasteiger partial charge in [-0.25, -0.2) is 4.98 Å². The molecule has 2 rings (SSSR count). The van der Waals surface area contributed by atoms with E-state index >= 15 is 0 Å². The zero-order chi connectivity index (χ0) is 13.8. The van der Waals surface area contributed by atoms with E-state index in [1.54, 1.807) is 17.4 Å². The Kier molecular flexibility index (Phi) is 4.00. The number of hydrogen-bond acceptors (Lipinski definition) is 2. The lowest BCUT2D eigenvalue weighted by Gasteiger charge is -2.16. The minimum atomic E-state index is -0.0177. The van der Waals surface area contributed by atoms with Crippen molar-refractivity contribution in [3.05, 3.63) is 48.0 Å². The summed E-state index contributed by atoms with van der Waals surface area (Å²) >= 11 is 0. The van der Waals surface area contributed by atoms with Crippen LogP contribution >= 0.6 is 0 Å². The molecule has 0 radical (unpaired) electrons. The number of aryl methyl sites for hydroxylation is 1. The van der Waals surface area contributed by atoms with E-state index in [4.69, 9.17) is 0 Å². The van der Waals surface area contributed by atoms with Crippen molar-refractivity contribution in [2.24, 2.45) is 0 Å². The van der Waals surface area contributed by atoms with Crippen LogP contribution in [0.15, 0.2) is 36.8 Å². The third kappa shape index (κ3) is 2.84. The van der Waals surface area contributed by atoms with E-state index in [-0.39, 0.29) is 5.91 Å². The summed E-state index contributed by atoms with van der Waals surface area (Å²) in [6.45, 7) is 7.39. The Morgan fingerprint density at radius 3 is 2.42 bits per heavy atom. The van der Waals surface area contributed by atoms with Gasteiger partial charge in [0.25, 0.3) is 5.91 Å². The van der Waals surface area contributed by atoms with Gasteiger partial charge >= 0.3 is 0 Å². The molecule has 0 spiro atoms. The fraction of sp³-hybridized carbons (Fsp3) is 0.333. The van der Waals surface area contributed by atoms with Crippen LogP contribution in [0.1, 0.15) is 29.9 Å². The molecular formula is C15H19N3O. The molecule has 2 aromatic rings. The molecule has 0 aliphatic carbocycles. The molecule has 100 valence electrons. The lowest BCUT2D eigenvalue weighted by atomic mass is 10.2. The Balaban J connectivity index is 2.23. The molecule has 4 heteroatoms. The largest absolute Gasteiger partial charge is 0.338 e. The summed E-state index contributed by atoms with van der Waals surface area (Å²) in [6.07, 6.45) is 3.46. The van der Waals surface area contributed by atoms with E-state index in [1.807, 2.05) is 49.6 Å². The van der Waals surface area contributed by atoms with Crippen molar-refractivity contribution in [2.75, 3.05) is 13.1 Å². The van der Waals surface area contributed by atoms with Gasteiger partial charge in [0, 0.05) is 25.0 Å². The minimum absolute atomic E-state index is 0.0177. The second-order valence-electron chi connectivity index (χ2n) is 4.48. The normalized spacial score (nSPS) is 10.5. The third-order valence-electron chi connectivity index (χ3n) is 3.18. The summed E-state index contributed by atoms with van der Waals surface area (Å²) in [5, 5.41) is 0. The van der Waals surface area contributed by atoms with Crippen molar-refractivity contribution in [3.8, 4) is 5.69 Å². The molecule has 0 fully saturated rings. The molecule has 0 saturated heterocycles. The Labute approximate surface area is 113 Å². The van der Waals surface area contributed by atoms with E-state index in [0.717, 1.165) is 5.69 Å². The van der Waals surface area contributed by atoms with E-state index in [1.165, 1.54) is 5.56 Å². The van der Waals surface area contributed by atoms with Crippen LogP contribution in [0.3, 0.4) is 0 Å². The summed E-state index contributed by atoms with van der Waals surface area (Å²) in [7, 11) is 0.